The van der Waals surface area contributed by atoms with Crippen LogP contribution in [0.3, 0.4) is 0 Å². The molecule has 1 aromatic heterocycles. The van der Waals surface area contributed by atoms with E-state index in [0.29, 0.717) is 27.1 Å². The summed E-state index contributed by atoms with van der Waals surface area (Å²) in [5, 5.41) is 14.3. The molecule has 0 saturated carbocycles. The highest BCUT2D eigenvalue weighted by molar-refractivity contribution is 8.00. The van der Waals surface area contributed by atoms with E-state index in [9.17, 15) is 24.3 Å². The molecule has 3 N–H and O–H groups in total. The number of anilines is 2. The normalized spacial score (nSPS) is 14.5. The SMILES string of the molecule is COC(=O)c1c(NC(=O)CSc2cccc(NC(=O)c3c(Cl)c(Cl)c(Cl)c(Cl)c3C(=O)O)c2)sc2c1CCC(C(C)(C)C)C2. The summed E-state index contributed by atoms with van der Waals surface area (Å²) >= 11 is 26.9. The molecular weight excluding hydrogens is 690 g/mol. The van der Waals surface area contributed by atoms with Crippen molar-refractivity contribution < 1.29 is 29.0 Å². The minimum atomic E-state index is -1.51. The lowest BCUT2D eigenvalue weighted by Gasteiger charge is -2.33. The number of benzene rings is 2. The van der Waals surface area contributed by atoms with Crippen molar-refractivity contribution in [1.82, 2.24) is 0 Å². The predicted octanol–water partition coefficient (Wildman–Crippen LogP) is 8.98. The van der Waals surface area contributed by atoms with Gasteiger partial charge in [-0.2, -0.15) is 0 Å². The summed E-state index contributed by atoms with van der Waals surface area (Å²) in [6.45, 7) is 6.63. The average Bonchev–Trinajstić information content (AvgIpc) is 3.32. The number of carbonyl (C=O) groups excluding carboxylic acids is 3. The Balaban J connectivity index is 1.48. The first-order chi connectivity index (χ1) is 20.6. The van der Waals surface area contributed by atoms with Crippen LogP contribution in [0.15, 0.2) is 29.2 Å². The number of methoxy groups -OCH3 is 1. The molecule has 2 amide bonds. The fraction of sp³-hybridized carbons (Fsp3) is 0.333. The second-order valence-corrected chi connectivity index (χ2v) is 14.8. The van der Waals surface area contributed by atoms with E-state index in [1.165, 1.54) is 30.2 Å². The van der Waals surface area contributed by atoms with Gasteiger partial charge < -0.3 is 20.5 Å². The smallest absolute Gasteiger partial charge is 0.341 e. The number of aromatic carboxylic acids is 1. The van der Waals surface area contributed by atoms with Gasteiger partial charge in [-0.3, -0.25) is 9.59 Å². The van der Waals surface area contributed by atoms with Crippen molar-refractivity contribution in [2.24, 2.45) is 11.3 Å². The average molecular weight is 719 g/mol. The van der Waals surface area contributed by atoms with Crippen molar-refractivity contribution in [3.63, 3.8) is 0 Å². The third kappa shape index (κ3) is 7.32. The van der Waals surface area contributed by atoms with Crippen LogP contribution in [0.5, 0.6) is 0 Å². The number of thioether (sulfide) groups is 1. The molecule has 0 radical (unpaired) electrons. The van der Waals surface area contributed by atoms with Crippen LogP contribution < -0.4 is 10.6 Å². The molecule has 1 atom stereocenters. The molecule has 1 aliphatic rings. The number of hydrogen-bond acceptors (Lipinski definition) is 7. The van der Waals surface area contributed by atoms with Crippen LogP contribution in [0.4, 0.5) is 10.7 Å². The Morgan fingerprint density at radius 2 is 1.66 bits per heavy atom. The highest BCUT2D eigenvalue weighted by Crippen LogP contribution is 2.45. The summed E-state index contributed by atoms with van der Waals surface area (Å²) in [4.78, 5) is 52.4. The first-order valence-corrected chi connectivity index (χ1v) is 16.6. The Kier molecular flexibility index (Phi) is 10.9. The van der Waals surface area contributed by atoms with E-state index in [4.69, 9.17) is 51.1 Å². The van der Waals surface area contributed by atoms with Gasteiger partial charge in [-0.1, -0.05) is 73.2 Å². The van der Waals surface area contributed by atoms with Crippen LogP contribution in [-0.2, 0) is 22.4 Å². The van der Waals surface area contributed by atoms with Gasteiger partial charge in [-0.25, -0.2) is 9.59 Å². The Labute approximate surface area is 282 Å². The van der Waals surface area contributed by atoms with Gasteiger partial charge in [0.05, 0.1) is 49.6 Å². The predicted molar refractivity (Wildman–Crippen MR) is 178 cm³/mol. The number of rotatable bonds is 8. The van der Waals surface area contributed by atoms with Gasteiger partial charge in [0, 0.05) is 15.5 Å². The molecule has 14 heteroatoms. The first kappa shape index (κ1) is 34.4. The molecule has 0 spiro atoms. The lowest BCUT2D eigenvalue weighted by atomic mass is 9.72. The maximum absolute atomic E-state index is 13.1. The van der Waals surface area contributed by atoms with Crippen molar-refractivity contribution in [2.45, 2.75) is 44.9 Å². The molecule has 8 nitrogen and oxygen atoms in total. The van der Waals surface area contributed by atoms with E-state index in [0.717, 1.165) is 29.7 Å². The van der Waals surface area contributed by atoms with E-state index >= 15 is 0 Å². The van der Waals surface area contributed by atoms with Crippen LogP contribution in [-0.4, -0.2) is 41.7 Å². The fourth-order valence-corrected chi connectivity index (χ4v) is 8.05. The van der Waals surface area contributed by atoms with E-state index in [2.05, 4.69) is 31.4 Å². The fourth-order valence-electron chi connectivity index (χ4n) is 4.95. The zero-order valence-electron chi connectivity index (χ0n) is 24.0. The zero-order valence-corrected chi connectivity index (χ0v) is 28.7. The third-order valence-electron chi connectivity index (χ3n) is 7.30. The minimum absolute atomic E-state index is 0.0165. The molecule has 1 heterocycles. The molecule has 0 bridgehead atoms. The molecule has 0 aliphatic heterocycles. The Bertz CT molecular complexity index is 1670. The lowest BCUT2D eigenvalue weighted by molar-refractivity contribution is -0.113. The third-order valence-corrected chi connectivity index (χ3v) is 11.3. The molecule has 3 aromatic rings. The number of ether oxygens (including phenoxy) is 1. The van der Waals surface area contributed by atoms with Gasteiger partial charge in [0.25, 0.3) is 5.91 Å². The highest BCUT2D eigenvalue weighted by atomic mass is 35.5. The van der Waals surface area contributed by atoms with E-state index in [-0.39, 0.29) is 32.1 Å². The maximum Gasteiger partial charge on any atom is 0.341 e. The van der Waals surface area contributed by atoms with Crippen molar-refractivity contribution in [2.75, 3.05) is 23.5 Å². The number of carboxylic acid groups (broad SMARTS) is 1. The summed E-state index contributed by atoms with van der Waals surface area (Å²) in [6, 6.07) is 6.60. The molecule has 234 valence electrons. The van der Waals surface area contributed by atoms with E-state index < -0.39 is 34.0 Å². The summed E-state index contributed by atoms with van der Waals surface area (Å²) in [6.07, 6.45) is 2.54. The van der Waals surface area contributed by atoms with Crippen LogP contribution in [0.1, 0.15) is 68.7 Å². The van der Waals surface area contributed by atoms with Gasteiger partial charge in [0.15, 0.2) is 0 Å². The Morgan fingerprint density at radius 3 is 2.27 bits per heavy atom. The van der Waals surface area contributed by atoms with Crippen molar-refractivity contribution in [3.05, 3.63) is 71.5 Å². The van der Waals surface area contributed by atoms with E-state index in [1.54, 1.807) is 24.3 Å². The summed E-state index contributed by atoms with van der Waals surface area (Å²) in [5.74, 6) is -2.68. The van der Waals surface area contributed by atoms with Gasteiger partial charge in [0.2, 0.25) is 5.91 Å². The summed E-state index contributed by atoms with van der Waals surface area (Å²) < 4.78 is 5.04. The minimum Gasteiger partial charge on any atom is -0.478 e. The zero-order chi connectivity index (χ0) is 32.5. The molecule has 0 saturated heterocycles. The van der Waals surface area contributed by atoms with Crippen LogP contribution in [0.25, 0.3) is 0 Å². The molecular formula is C30H28Cl4N2O6S2. The van der Waals surface area contributed by atoms with Crippen molar-refractivity contribution in [3.8, 4) is 0 Å². The number of amides is 2. The Hall–Kier alpha value is -2.47. The number of halogens is 4. The number of hydrogen-bond donors (Lipinski definition) is 3. The van der Waals surface area contributed by atoms with Crippen LogP contribution in [0.2, 0.25) is 20.1 Å². The Morgan fingerprint density at radius 1 is 1.00 bits per heavy atom. The van der Waals surface area contributed by atoms with Gasteiger partial charge in [-0.05, 0) is 54.4 Å². The largest absolute Gasteiger partial charge is 0.478 e. The topological polar surface area (TPSA) is 122 Å². The molecule has 1 aliphatic carbocycles. The molecule has 44 heavy (non-hydrogen) atoms. The monoisotopic (exact) mass is 716 g/mol. The maximum atomic E-state index is 13.1. The van der Waals surface area contributed by atoms with Crippen LogP contribution in [0, 0.1) is 11.3 Å². The summed E-state index contributed by atoms with van der Waals surface area (Å²) in [5.41, 5.74) is 0.780. The highest BCUT2D eigenvalue weighted by Gasteiger charge is 2.34. The number of fused-ring (bicyclic) bond motifs is 1. The second kappa shape index (κ2) is 13.9. The molecule has 4 rings (SSSR count). The van der Waals surface area contributed by atoms with Gasteiger partial charge in [0.1, 0.15) is 5.00 Å². The number of thiophene rings is 1. The molecule has 2 aromatic carbocycles. The number of carboxylic acids is 1. The van der Waals surface area contributed by atoms with Gasteiger partial charge in [-0.15, -0.1) is 23.1 Å². The lowest BCUT2D eigenvalue weighted by Crippen LogP contribution is -2.26. The molecule has 0 fully saturated rings. The standard InChI is InChI=1S/C30H28Cl4N2O6S2/c1-30(2,3)13-8-9-16-17(10-13)44-27(19(16)29(41)42-4)36-18(37)12-43-15-7-5-6-14(11-15)35-26(38)20-21(28(39)40)23(32)25(34)24(33)22(20)31/h5-7,11,13H,8-10,12H2,1-4H3,(H,35,38)(H,36,37)(H,39,40). The number of esters is 1. The second-order valence-electron chi connectivity index (χ2n) is 11.1. The van der Waals surface area contributed by atoms with E-state index in [1.807, 2.05) is 0 Å². The van der Waals surface area contributed by atoms with Gasteiger partial charge >= 0.3 is 11.9 Å². The van der Waals surface area contributed by atoms with Crippen molar-refractivity contribution >= 4 is 104 Å². The molecule has 1 unspecified atom stereocenters. The van der Waals surface area contributed by atoms with Crippen LogP contribution >= 0.6 is 69.5 Å². The number of nitrogens with one attached hydrogen (secondary N) is 2. The summed E-state index contributed by atoms with van der Waals surface area (Å²) in [7, 11) is 1.33. The first-order valence-electron chi connectivity index (χ1n) is 13.3. The number of carbonyl (C=O) groups is 4. The quantitative estimate of drug-likeness (QED) is 0.0920. The van der Waals surface area contributed by atoms with Crippen molar-refractivity contribution in [1.29, 1.82) is 0 Å².